The van der Waals surface area contributed by atoms with Gasteiger partial charge in [0.15, 0.2) is 0 Å². The molecule has 0 saturated carbocycles. The van der Waals surface area contributed by atoms with E-state index >= 15 is 0 Å². The zero-order valence-corrected chi connectivity index (χ0v) is 14.6. The molecule has 0 spiro atoms. The number of hydrogen-bond acceptors (Lipinski definition) is 6. The number of nitro benzene ring substituents is 1. The smallest absolute Gasteiger partial charge is 0.423 e. The molecule has 1 aromatic heterocycles. The van der Waals surface area contributed by atoms with Crippen molar-refractivity contribution in [1.82, 2.24) is 9.78 Å². The Labute approximate surface area is 151 Å². The highest BCUT2D eigenvalue weighted by atomic mass is 19.4. The number of carbonyl (C=O) groups is 1. The molecule has 0 fully saturated rings. The highest BCUT2D eigenvalue weighted by Gasteiger charge is 2.39. The van der Waals surface area contributed by atoms with Gasteiger partial charge >= 0.3 is 12.1 Å². The van der Waals surface area contributed by atoms with E-state index in [4.69, 9.17) is 9.47 Å². The van der Waals surface area contributed by atoms with Crippen LogP contribution in [0.4, 0.5) is 18.9 Å². The first-order valence-corrected chi connectivity index (χ1v) is 7.84. The van der Waals surface area contributed by atoms with Crippen LogP contribution in [-0.4, -0.2) is 27.3 Å². The molecule has 2 rings (SSSR count). The van der Waals surface area contributed by atoms with E-state index in [2.05, 4.69) is 5.10 Å². The lowest BCUT2D eigenvalue weighted by molar-refractivity contribution is -0.388. The van der Waals surface area contributed by atoms with E-state index in [1.165, 1.54) is 10.9 Å². The monoisotopic (exact) mass is 387 g/mol. The van der Waals surface area contributed by atoms with Crippen molar-refractivity contribution in [3.63, 3.8) is 0 Å². The van der Waals surface area contributed by atoms with Gasteiger partial charge in [0.2, 0.25) is 0 Å². The minimum absolute atomic E-state index is 0.0718. The summed E-state index contributed by atoms with van der Waals surface area (Å²) in [6.45, 7) is 5.23. The molecule has 27 heavy (non-hydrogen) atoms. The van der Waals surface area contributed by atoms with E-state index in [0.717, 1.165) is 6.07 Å². The van der Waals surface area contributed by atoms with Gasteiger partial charge in [-0.1, -0.05) is 0 Å². The molecule has 0 bridgehead atoms. The molecule has 0 atom stereocenters. The van der Waals surface area contributed by atoms with Gasteiger partial charge in [0.25, 0.3) is 11.6 Å². The summed E-state index contributed by atoms with van der Waals surface area (Å²) in [6.07, 6.45) is -3.60. The second-order valence-electron chi connectivity index (χ2n) is 5.68. The fourth-order valence-electron chi connectivity index (χ4n) is 2.14. The predicted molar refractivity (Wildman–Crippen MR) is 86.7 cm³/mol. The largest absolute Gasteiger partial charge is 0.462 e. The standard InChI is InChI=1S/C16H16F3N3O5/c1-4-26-15(23)11-8-21(9(2)3)20-14(11)27-10-5-6-13(22(24)25)12(7-10)16(17,18)19/h5-9H,4H2,1-3H3. The number of rotatable bonds is 6. The van der Waals surface area contributed by atoms with E-state index in [1.54, 1.807) is 20.8 Å². The summed E-state index contributed by atoms with van der Waals surface area (Å²) in [5.74, 6) is -1.37. The minimum Gasteiger partial charge on any atom is -0.462 e. The number of carbonyl (C=O) groups excluding carboxylic acids is 1. The fourth-order valence-corrected chi connectivity index (χ4v) is 2.14. The molecule has 0 aliphatic heterocycles. The molecule has 11 heteroatoms. The average molecular weight is 387 g/mol. The number of benzene rings is 1. The van der Waals surface area contributed by atoms with Crippen molar-refractivity contribution in [2.45, 2.75) is 33.0 Å². The van der Waals surface area contributed by atoms with Gasteiger partial charge in [0.1, 0.15) is 16.9 Å². The zero-order chi connectivity index (χ0) is 20.4. The number of alkyl halides is 3. The van der Waals surface area contributed by atoms with Crippen LogP contribution in [0.2, 0.25) is 0 Å². The van der Waals surface area contributed by atoms with Crippen LogP contribution in [0.3, 0.4) is 0 Å². The lowest BCUT2D eigenvalue weighted by Gasteiger charge is -2.10. The van der Waals surface area contributed by atoms with Crippen LogP contribution >= 0.6 is 0 Å². The van der Waals surface area contributed by atoms with Crippen molar-refractivity contribution < 1.29 is 32.4 Å². The highest BCUT2D eigenvalue weighted by Crippen LogP contribution is 2.39. The number of nitrogens with zero attached hydrogens (tertiary/aromatic N) is 3. The normalized spacial score (nSPS) is 11.5. The van der Waals surface area contributed by atoms with Crippen LogP contribution in [0.25, 0.3) is 0 Å². The van der Waals surface area contributed by atoms with Crippen LogP contribution in [-0.2, 0) is 10.9 Å². The molecule has 0 aliphatic rings. The van der Waals surface area contributed by atoms with Crippen LogP contribution < -0.4 is 4.74 Å². The lowest BCUT2D eigenvalue weighted by Crippen LogP contribution is -2.09. The second-order valence-corrected chi connectivity index (χ2v) is 5.68. The van der Waals surface area contributed by atoms with Crippen LogP contribution in [0.1, 0.15) is 42.7 Å². The van der Waals surface area contributed by atoms with Crippen LogP contribution in [0, 0.1) is 10.1 Å². The molecule has 1 aromatic carbocycles. The van der Waals surface area contributed by atoms with Gasteiger partial charge in [-0.15, -0.1) is 5.10 Å². The van der Waals surface area contributed by atoms with Crippen molar-refractivity contribution in [2.24, 2.45) is 0 Å². The van der Waals surface area contributed by atoms with Crippen molar-refractivity contribution in [1.29, 1.82) is 0 Å². The minimum atomic E-state index is -4.96. The molecule has 0 N–H and O–H groups in total. The maximum absolute atomic E-state index is 13.1. The maximum Gasteiger partial charge on any atom is 0.423 e. The van der Waals surface area contributed by atoms with Gasteiger partial charge in [0, 0.05) is 24.4 Å². The Balaban J connectivity index is 2.47. The summed E-state index contributed by atoms with van der Waals surface area (Å²) in [5.41, 5.74) is -2.64. The van der Waals surface area contributed by atoms with Gasteiger partial charge in [-0.05, 0) is 26.8 Å². The zero-order valence-electron chi connectivity index (χ0n) is 14.6. The molecule has 1 heterocycles. The Morgan fingerprint density at radius 2 is 2.04 bits per heavy atom. The van der Waals surface area contributed by atoms with Gasteiger partial charge in [-0.2, -0.15) is 13.2 Å². The molecule has 0 saturated heterocycles. The third-order valence-electron chi connectivity index (χ3n) is 3.41. The quantitative estimate of drug-likeness (QED) is 0.415. The predicted octanol–water partition coefficient (Wildman–Crippen LogP) is 4.36. The molecule has 0 amide bonds. The van der Waals surface area contributed by atoms with Crippen molar-refractivity contribution in [3.05, 3.63) is 45.6 Å². The topological polar surface area (TPSA) is 96.5 Å². The summed E-state index contributed by atoms with van der Waals surface area (Å²) in [6, 6.07) is 2.01. The van der Waals surface area contributed by atoms with E-state index in [1.807, 2.05) is 0 Å². The van der Waals surface area contributed by atoms with Crippen LogP contribution in [0.15, 0.2) is 24.4 Å². The molecule has 0 aliphatic carbocycles. The number of aromatic nitrogens is 2. The van der Waals surface area contributed by atoms with Crippen molar-refractivity contribution in [3.8, 4) is 11.6 Å². The van der Waals surface area contributed by atoms with Crippen molar-refractivity contribution in [2.75, 3.05) is 6.61 Å². The number of nitro groups is 1. The Hall–Kier alpha value is -3.11. The Bertz CT molecular complexity index is 861. The fraction of sp³-hybridized carbons (Fsp3) is 0.375. The first kappa shape index (κ1) is 20.2. The van der Waals surface area contributed by atoms with Gasteiger partial charge in [0.05, 0.1) is 11.5 Å². The molecule has 0 unspecified atom stereocenters. The number of ether oxygens (including phenoxy) is 2. The molecule has 0 radical (unpaired) electrons. The first-order chi connectivity index (χ1) is 12.5. The SMILES string of the molecule is CCOC(=O)c1cn(C(C)C)nc1Oc1ccc([N+](=O)[O-])c(C(F)(F)F)c1. The molecule has 146 valence electrons. The third-order valence-corrected chi connectivity index (χ3v) is 3.41. The van der Waals surface area contributed by atoms with Gasteiger partial charge in [-0.3, -0.25) is 14.8 Å². The summed E-state index contributed by atoms with van der Waals surface area (Å²) >= 11 is 0. The molecule has 2 aromatic rings. The lowest BCUT2D eigenvalue weighted by atomic mass is 10.1. The van der Waals surface area contributed by atoms with Crippen LogP contribution in [0.5, 0.6) is 11.6 Å². The summed E-state index contributed by atoms with van der Waals surface area (Å²) < 4.78 is 50.9. The van der Waals surface area contributed by atoms with Gasteiger partial charge < -0.3 is 9.47 Å². The van der Waals surface area contributed by atoms with Crippen molar-refractivity contribution >= 4 is 11.7 Å². The highest BCUT2D eigenvalue weighted by molar-refractivity contribution is 5.91. The number of halogens is 3. The number of hydrogen-bond donors (Lipinski definition) is 0. The summed E-state index contributed by atoms with van der Waals surface area (Å²) in [5, 5.41) is 14.9. The average Bonchev–Trinajstić information content (AvgIpc) is 2.98. The molecule has 8 nitrogen and oxygen atoms in total. The van der Waals surface area contributed by atoms with E-state index in [0.29, 0.717) is 12.1 Å². The molecular weight excluding hydrogens is 371 g/mol. The third kappa shape index (κ3) is 4.54. The second kappa shape index (κ2) is 7.64. The number of esters is 1. The Kier molecular flexibility index (Phi) is 5.72. The van der Waals surface area contributed by atoms with Gasteiger partial charge in [-0.25, -0.2) is 4.79 Å². The molecular formula is C16H16F3N3O5. The van der Waals surface area contributed by atoms with E-state index in [-0.39, 0.29) is 29.8 Å². The Morgan fingerprint density at radius 1 is 1.37 bits per heavy atom. The first-order valence-electron chi connectivity index (χ1n) is 7.84. The van der Waals surface area contributed by atoms with E-state index < -0.39 is 28.3 Å². The van der Waals surface area contributed by atoms with E-state index in [9.17, 15) is 28.1 Å². The summed E-state index contributed by atoms with van der Waals surface area (Å²) in [7, 11) is 0. The Morgan fingerprint density at radius 3 is 2.56 bits per heavy atom. The summed E-state index contributed by atoms with van der Waals surface area (Å²) in [4.78, 5) is 21.7. The maximum atomic E-state index is 13.1.